The average Bonchev–Trinajstić information content (AvgIpc) is 2.86. The smallest absolute Gasteiger partial charge is 0.408 e. The lowest BCUT2D eigenvalue weighted by Gasteiger charge is -2.43. The Balaban J connectivity index is 1.71. The van der Waals surface area contributed by atoms with Crippen molar-refractivity contribution in [2.45, 2.75) is 70.7 Å². The number of benzene rings is 3. The molecule has 4 rings (SSSR count). The van der Waals surface area contributed by atoms with Crippen molar-refractivity contribution < 1.29 is 24.2 Å². The lowest BCUT2D eigenvalue weighted by molar-refractivity contribution is -0.145. The molecule has 0 aliphatic heterocycles. The van der Waals surface area contributed by atoms with E-state index in [2.05, 4.69) is 23.3 Å². The van der Waals surface area contributed by atoms with Gasteiger partial charge in [-0.1, -0.05) is 36.4 Å². The Hall–Kier alpha value is -3.72. The molecule has 3 N–H and O–H groups in total. The monoisotopic (exact) mass is 563 g/mol. The summed E-state index contributed by atoms with van der Waals surface area (Å²) in [6, 6.07) is 16.2. The summed E-state index contributed by atoms with van der Waals surface area (Å²) < 4.78 is 5.37. The Labute approximate surface area is 240 Å². The normalized spacial score (nSPS) is 15.0. The van der Waals surface area contributed by atoms with Crippen molar-refractivity contribution in [2.24, 2.45) is 0 Å². The number of nitrogens with one attached hydrogen (secondary N) is 2. The summed E-state index contributed by atoms with van der Waals surface area (Å²) in [4.78, 5) is 42.3. The number of carbonyl (C=O) groups excluding carboxylic acids is 3. The number of rotatable bonds is 8. The molecule has 0 spiro atoms. The number of anilines is 1. The highest BCUT2D eigenvalue weighted by atomic mass is 32.1. The third-order valence-corrected chi connectivity index (χ3v) is 7.34. The number of aryl methyl sites for hydroxylation is 1. The van der Waals surface area contributed by atoms with Crippen LogP contribution in [0.3, 0.4) is 0 Å². The number of hydrogen-bond donors (Lipinski definition) is 4. The number of carbonyl (C=O) groups is 3. The van der Waals surface area contributed by atoms with Gasteiger partial charge in [0.1, 0.15) is 23.4 Å². The Morgan fingerprint density at radius 1 is 1.05 bits per heavy atom. The quantitative estimate of drug-likeness (QED) is 0.262. The van der Waals surface area contributed by atoms with Gasteiger partial charge in [-0.2, -0.15) is 12.6 Å². The maximum atomic E-state index is 14.1. The molecule has 0 bridgehead atoms. The number of thiol groups is 1. The van der Waals surface area contributed by atoms with Crippen molar-refractivity contribution >= 4 is 47.0 Å². The van der Waals surface area contributed by atoms with Gasteiger partial charge in [0, 0.05) is 17.5 Å². The molecule has 1 saturated carbocycles. The number of aromatic hydroxyl groups is 1. The van der Waals surface area contributed by atoms with Gasteiger partial charge in [-0.15, -0.1) is 0 Å². The highest BCUT2D eigenvalue weighted by Crippen LogP contribution is 2.36. The van der Waals surface area contributed by atoms with E-state index in [1.807, 2.05) is 42.5 Å². The van der Waals surface area contributed by atoms with E-state index in [0.717, 1.165) is 30.0 Å². The summed E-state index contributed by atoms with van der Waals surface area (Å²) in [6.07, 6.45) is 1.65. The van der Waals surface area contributed by atoms with Crippen molar-refractivity contribution in [3.05, 3.63) is 71.8 Å². The van der Waals surface area contributed by atoms with Gasteiger partial charge in [-0.3, -0.25) is 9.59 Å². The largest absolute Gasteiger partial charge is 0.508 e. The fourth-order valence-electron chi connectivity index (χ4n) is 4.76. The lowest BCUT2D eigenvalue weighted by Crippen LogP contribution is -2.57. The zero-order valence-corrected chi connectivity index (χ0v) is 24.2. The summed E-state index contributed by atoms with van der Waals surface area (Å²) in [6.45, 7) is 6.97. The number of ether oxygens (including phenoxy) is 1. The molecule has 212 valence electrons. The molecule has 0 radical (unpaired) electrons. The van der Waals surface area contributed by atoms with Crippen molar-refractivity contribution in [2.75, 3.05) is 11.1 Å². The van der Waals surface area contributed by atoms with Crippen LogP contribution in [0.4, 0.5) is 10.5 Å². The van der Waals surface area contributed by atoms with Gasteiger partial charge < -0.3 is 25.4 Å². The third-order valence-electron chi connectivity index (χ3n) is 6.97. The van der Waals surface area contributed by atoms with E-state index in [0.29, 0.717) is 16.8 Å². The fraction of sp³-hybridized carbons (Fsp3) is 0.387. The minimum Gasteiger partial charge on any atom is -0.508 e. The highest BCUT2D eigenvalue weighted by molar-refractivity contribution is 7.80. The van der Waals surface area contributed by atoms with Crippen molar-refractivity contribution in [1.29, 1.82) is 0 Å². The van der Waals surface area contributed by atoms with E-state index in [4.69, 9.17) is 4.74 Å². The zero-order chi connectivity index (χ0) is 29.0. The summed E-state index contributed by atoms with van der Waals surface area (Å²) in [5.41, 5.74) is 1.000. The van der Waals surface area contributed by atoms with E-state index < -0.39 is 35.6 Å². The molecule has 3 aromatic carbocycles. The van der Waals surface area contributed by atoms with Crippen LogP contribution in [0.2, 0.25) is 0 Å². The van der Waals surface area contributed by atoms with Crippen molar-refractivity contribution in [3.63, 3.8) is 0 Å². The lowest BCUT2D eigenvalue weighted by atomic mass is 9.88. The van der Waals surface area contributed by atoms with E-state index in [9.17, 15) is 19.5 Å². The number of alkyl carbamates (subject to hydrolysis) is 1. The number of phenols is 1. The van der Waals surface area contributed by atoms with Crippen LogP contribution in [0.15, 0.2) is 60.7 Å². The zero-order valence-electron chi connectivity index (χ0n) is 23.3. The molecule has 2 atom stereocenters. The second-order valence-electron chi connectivity index (χ2n) is 11.2. The van der Waals surface area contributed by atoms with E-state index in [1.165, 1.54) is 6.07 Å². The topological polar surface area (TPSA) is 108 Å². The molecule has 1 fully saturated rings. The Kier molecular flexibility index (Phi) is 8.93. The van der Waals surface area contributed by atoms with Gasteiger partial charge in [-0.25, -0.2) is 4.79 Å². The fourth-order valence-corrected chi connectivity index (χ4v) is 5.01. The minimum absolute atomic E-state index is 0.0227. The first-order valence-electron chi connectivity index (χ1n) is 13.5. The first-order chi connectivity index (χ1) is 19.0. The molecule has 3 aromatic rings. The summed E-state index contributed by atoms with van der Waals surface area (Å²) in [5.74, 6) is -0.695. The Bertz CT molecular complexity index is 1400. The Morgan fingerprint density at radius 2 is 1.75 bits per heavy atom. The van der Waals surface area contributed by atoms with Crippen LogP contribution in [0, 0.1) is 6.92 Å². The number of fused-ring (bicyclic) bond motifs is 1. The first-order valence-corrected chi connectivity index (χ1v) is 14.1. The summed E-state index contributed by atoms with van der Waals surface area (Å²) in [7, 11) is 0. The maximum Gasteiger partial charge on any atom is 0.408 e. The molecule has 0 saturated heterocycles. The molecule has 3 amide bonds. The molecule has 1 aliphatic carbocycles. The molecule has 0 heterocycles. The number of phenolic OH excluding ortho intramolecular Hbond substituents is 1. The van der Waals surface area contributed by atoms with Crippen LogP contribution >= 0.6 is 12.6 Å². The first kappa shape index (κ1) is 29.3. The SMILES string of the molecule is Cc1cc(C(C(=O)Nc2ccc3ccccc3c2)N(C(=O)C(CS)NC(=O)OC(C)(C)C)C2CCC2)ccc1O. The van der Waals surface area contributed by atoms with Crippen molar-refractivity contribution in [1.82, 2.24) is 10.2 Å². The van der Waals surface area contributed by atoms with Gasteiger partial charge in [0.25, 0.3) is 5.91 Å². The molecule has 1 aliphatic rings. The van der Waals surface area contributed by atoms with Gasteiger partial charge in [-0.05, 0) is 93.1 Å². The standard InChI is InChI=1S/C31H37N3O5S/c1-19-16-22(13-15-26(19)35)27(28(36)32-23-14-12-20-8-5-6-9-21(20)17-23)34(24-10-7-11-24)29(37)25(18-40)33-30(38)39-31(2,3)4/h5-6,8-9,12-17,24-25,27,35,40H,7,10-11,18H2,1-4H3,(H,32,36)(H,33,38). The maximum absolute atomic E-state index is 14.1. The molecular weight excluding hydrogens is 526 g/mol. The predicted molar refractivity (Wildman–Crippen MR) is 160 cm³/mol. The predicted octanol–water partition coefficient (Wildman–Crippen LogP) is 5.74. The molecule has 40 heavy (non-hydrogen) atoms. The second-order valence-corrected chi connectivity index (χ2v) is 11.6. The molecule has 9 heteroatoms. The van der Waals surface area contributed by atoms with Crippen LogP contribution < -0.4 is 10.6 Å². The van der Waals surface area contributed by atoms with E-state index in [-0.39, 0.29) is 17.5 Å². The molecule has 0 aromatic heterocycles. The molecular formula is C31H37N3O5S. The second kappa shape index (κ2) is 12.2. The van der Waals surface area contributed by atoms with Crippen LogP contribution in [-0.2, 0) is 14.3 Å². The third kappa shape index (κ3) is 6.88. The minimum atomic E-state index is -1.01. The molecule has 2 unspecified atom stereocenters. The summed E-state index contributed by atoms with van der Waals surface area (Å²) in [5, 5.41) is 17.8. The van der Waals surface area contributed by atoms with Gasteiger partial charge in [0.15, 0.2) is 0 Å². The van der Waals surface area contributed by atoms with Crippen LogP contribution in [0.5, 0.6) is 5.75 Å². The van der Waals surface area contributed by atoms with Crippen LogP contribution in [0.1, 0.15) is 57.2 Å². The summed E-state index contributed by atoms with van der Waals surface area (Å²) >= 11 is 4.35. The number of nitrogens with zero attached hydrogens (tertiary/aromatic N) is 1. The number of hydrogen-bond acceptors (Lipinski definition) is 6. The van der Waals surface area contributed by atoms with Gasteiger partial charge in [0.05, 0.1) is 0 Å². The van der Waals surface area contributed by atoms with Crippen molar-refractivity contribution in [3.8, 4) is 5.75 Å². The van der Waals surface area contributed by atoms with Gasteiger partial charge in [0.2, 0.25) is 5.91 Å². The van der Waals surface area contributed by atoms with E-state index in [1.54, 1.807) is 44.7 Å². The number of amides is 3. The van der Waals surface area contributed by atoms with Gasteiger partial charge >= 0.3 is 6.09 Å². The average molecular weight is 564 g/mol. The Morgan fingerprint density at radius 3 is 2.35 bits per heavy atom. The molecule has 8 nitrogen and oxygen atoms in total. The highest BCUT2D eigenvalue weighted by Gasteiger charge is 2.42. The van der Waals surface area contributed by atoms with E-state index >= 15 is 0 Å². The van der Waals surface area contributed by atoms with Crippen LogP contribution in [-0.4, -0.2) is 51.4 Å². The van der Waals surface area contributed by atoms with Crippen LogP contribution in [0.25, 0.3) is 10.8 Å².